The van der Waals surface area contributed by atoms with Gasteiger partial charge in [0.25, 0.3) is 0 Å². The highest BCUT2D eigenvalue weighted by molar-refractivity contribution is 6.30. The summed E-state index contributed by atoms with van der Waals surface area (Å²) in [6.07, 6.45) is 2.48. The van der Waals surface area contributed by atoms with E-state index in [0.29, 0.717) is 17.7 Å². The third-order valence-corrected chi connectivity index (χ3v) is 3.07. The number of hydrogen-bond donors (Lipinski definition) is 1. The van der Waals surface area contributed by atoms with Crippen LogP contribution in [0.15, 0.2) is 24.3 Å². The van der Waals surface area contributed by atoms with Gasteiger partial charge in [-0.05, 0) is 43.9 Å². The molecule has 0 radical (unpaired) electrons. The average Bonchev–Trinajstić information content (AvgIpc) is 2.32. The van der Waals surface area contributed by atoms with Gasteiger partial charge < -0.3 is 10.1 Å². The summed E-state index contributed by atoms with van der Waals surface area (Å²) in [6.45, 7) is 8.28. The normalized spacial score (nSPS) is 12.7. The van der Waals surface area contributed by atoms with Crippen LogP contribution in [0.25, 0.3) is 0 Å². The quantitative estimate of drug-likeness (QED) is 0.717. The summed E-state index contributed by atoms with van der Waals surface area (Å²) < 4.78 is 5.62. The van der Waals surface area contributed by atoms with Crippen molar-refractivity contribution in [3.63, 3.8) is 0 Å². The third-order valence-electron chi connectivity index (χ3n) is 2.84. The first-order valence-electron chi connectivity index (χ1n) is 6.69. The van der Waals surface area contributed by atoms with Crippen LogP contribution in [0, 0.1) is 5.92 Å². The number of rotatable bonds is 8. The molecule has 1 unspecified atom stereocenters. The van der Waals surface area contributed by atoms with Crippen LogP contribution in [0.3, 0.4) is 0 Å². The summed E-state index contributed by atoms with van der Waals surface area (Å²) in [7, 11) is 0. The van der Waals surface area contributed by atoms with Gasteiger partial charge in [0.15, 0.2) is 0 Å². The average molecular weight is 270 g/mol. The first-order valence-corrected chi connectivity index (χ1v) is 7.07. The summed E-state index contributed by atoms with van der Waals surface area (Å²) >= 11 is 5.88. The van der Waals surface area contributed by atoms with E-state index in [-0.39, 0.29) is 0 Å². The maximum Gasteiger partial charge on any atom is 0.120 e. The van der Waals surface area contributed by atoms with Crippen LogP contribution >= 0.6 is 11.6 Å². The Bertz CT molecular complexity index is 341. The molecule has 0 heterocycles. The Morgan fingerprint density at radius 3 is 2.67 bits per heavy atom. The largest absolute Gasteiger partial charge is 0.492 e. The van der Waals surface area contributed by atoms with Crippen molar-refractivity contribution in [2.45, 2.75) is 39.7 Å². The lowest BCUT2D eigenvalue weighted by Crippen LogP contribution is -2.30. The molecule has 0 saturated carbocycles. The smallest absolute Gasteiger partial charge is 0.120 e. The standard InChI is InChI=1S/C15H24ClNO/c1-12(2)7-8-13(3)17-9-10-18-15-6-4-5-14(16)11-15/h4-6,11-13,17H,7-10H2,1-3H3. The molecule has 0 saturated heterocycles. The molecule has 3 heteroatoms. The maximum atomic E-state index is 5.88. The fraction of sp³-hybridized carbons (Fsp3) is 0.600. The van der Waals surface area contributed by atoms with Gasteiger partial charge >= 0.3 is 0 Å². The zero-order valence-electron chi connectivity index (χ0n) is 11.6. The fourth-order valence-corrected chi connectivity index (χ4v) is 1.90. The van der Waals surface area contributed by atoms with E-state index in [1.165, 1.54) is 12.8 Å². The SMILES string of the molecule is CC(C)CCC(C)NCCOc1cccc(Cl)c1. The molecular formula is C15H24ClNO. The maximum absolute atomic E-state index is 5.88. The second kappa shape index (κ2) is 8.39. The molecule has 0 aliphatic carbocycles. The van der Waals surface area contributed by atoms with Gasteiger partial charge in [0.1, 0.15) is 12.4 Å². The summed E-state index contributed by atoms with van der Waals surface area (Å²) in [6, 6.07) is 8.06. The van der Waals surface area contributed by atoms with Crippen molar-refractivity contribution < 1.29 is 4.74 Å². The summed E-state index contributed by atoms with van der Waals surface area (Å²) in [5, 5.41) is 4.18. The van der Waals surface area contributed by atoms with Crippen molar-refractivity contribution in [1.29, 1.82) is 0 Å². The predicted octanol–water partition coefficient (Wildman–Crippen LogP) is 4.13. The molecule has 0 fully saturated rings. The molecule has 1 rings (SSSR count). The van der Waals surface area contributed by atoms with Crippen LogP contribution in [0.1, 0.15) is 33.6 Å². The Morgan fingerprint density at radius 1 is 1.22 bits per heavy atom. The molecule has 0 spiro atoms. The van der Waals surface area contributed by atoms with Crippen LogP contribution in [0.2, 0.25) is 5.02 Å². The lowest BCUT2D eigenvalue weighted by Gasteiger charge is -2.15. The number of nitrogens with one attached hydrogen (secondary N) is 1. The highest BCUT2D eigenvalue weighted by Gasteiger charge is 2.02. The van der Waals surface area contributed by atoms with E-state index in [4.69, 9.17) is 16.3 Å². The predicted molar refractivity (Wildman–Crippen MR) is 78.5 cm³/mol. The van der Waals surface area contributed by atoms with E-state index in [2.05, 4.69) is 26.1 Å². The Hall–Kier alpha value is -0.730. The molecule has 0 aliphatic rings. The minimum atomic E-state index is 0.551. The van der Waals surface area contributed by atoms with Gasteiger partial charge in [-0.1, -0.05) is 31.5 Å². The van der Waals surface area contributed by atoms with E-state index in [0.717, 1.165) is 18.2 Å². The van der Waals surface area contributed by atoms with Crippen LogP contribution in [0.4, 0.5) is 0 Å². The lowest BCUT2D eigenvalue weighted by atomic mass is 10.0. The molecule has 1 aromatic carbocycles. The topological polar surface area (TPSA) is 21.3 Å². The van der Waals surface area contributed by atoms with Gasteiger partial charge in [0.05, 0.1) is 0 Å². The molecular weight excluding hydrogens is 246 g/mol. The van der Waals surface area contributed by atoms with Crippen molar-refractivity contribution in [2.24, 2.45) is 5.92 Å². The van der Waals surface area contributed by atoms with Crippen molar-refractivity contribution >= 4 is 11.6 Å². The van der Waals surface area contributed by atoms with Gasteiger partial charge in [-0.3, -0.25) is 0 Å². The van der Waals surface area contributed by atoms with Gasteiger partial charge in [0, 0.05) is 17.6 Å². The Morgan fingerprint density at radius 2 is 2.00 bits per heavy atom. The van der Waals surface area contributed by atoms with Crippen LogP contribution in [-0.2, 0) is 0 Å². The Kier molecular flexibility index (Phi) is 7.14. The number of ether oxygens (including phenoxy) is 1. The molecule has 1 N–H and O–H groups in total. The van der Waals surface area contributed by atoms with Crippen molar-refractivity contribution in [1.82, 2.24) is 5.32 Å². The van der Waals surface area contributed by atoms with E-state index in [9.17, 15) is 0 Å². The highest BCUT2D eigenvalue weighted by atomic mass is 35.5. The zero-order valence-corrected chi connectivity index (χ0v) is 12.3. The molecule has 102 valence electrons. The minimum absolute atomic E-state index is 0.551. The summed E-state index contributed by atoms with van der Waals surface area (Å²) in [5.41, 5.74) is 0. The van der Waals surface area contributed by atoms with Crippen LogP contribution in [-0.4, -0.2) is 19.2 Å². The molecule has 0 amide bonds. The van der Waals surface area contributed by atoms with E-state index >= 15 is 0 Å². The Balaban J connectivity index is 2.11. The van der Waals surface area contributed by atoms with Crippen LogP contribution < -0.4 is 10.1 Å². The molecule has 0 bridgehead atoms. The van der Waals surface area contributed by atoms with Gasteiger partial charge in [-0.15, -0.1) is 0 Å². The fourth-order valence-electron chi connectivity index (χ4n) is 1.72. The molecule has 1 aromatic rings. The molecule has 2 nitrogen and oxygen atoms in total. The van der Waals surface area contributed by atoms with Gasteiger partial charge in [-0.25, -0.2) is 0 Å². The van der Waals surface area contributed by atoms with Gasteiger partial charge in [0.2, 0.25) is 0 Å². The Labute approximate surface area is 116 Å². The lowest BCUT2D eigenvalue weighted by molar-refractivity contribution is 0.303. The zero-order chi connectivity index (χ0) is 13.4. The first kappa shape index (κ1) is 15.3. The third kappa shape index (κ3) is 6.87. The second-order valence-electron chi connectivity index (χ2n) is 5.13. The summed E-state index contributed by atoms with van der Waals surface area (Å²) in [5.74, 6) is 1.61. The van der Waals surface area contributed by atoms with Crippen molar-refractivity contribution in [2.75, 3.05) is 13.2 Å². The van der Waals surface area contributed by atoms with Crippen molar-refractivity contribution in [3.05, 3.63) is 29.3 Å². The monoisotopic (exact) mass is 269 g/mol. The molecule has 0 aromatic heterocycles. The number of hydrogen-bond acceptors (Lipinski definition) is 2. The van der Waals surface area contributed by atoms with Crippen LogP contribution in [0.5, 0.6) is 5.75 Å². The minimum Gasteiger partial charge on any atom is -0.492 e. The number of halogens is 1. The van der Waals surface area contributed by atoms with Gasteiger partial charge in [-0.2, -0.15) is 0 Å². The van der Waals surface area contributed by atoms with E-state index < -0.39 is 0 Å². The molecule has 0 aliphatic heterocycles. The van der Waals surface area contributed by atoms with E-state index in [1.807, 2.05) is 24.3 Å². The van der Waals surface area contributed by atoms with E-state index in [1.54, 1.807) is 0 Å². The summed E-state index contributed by atoms with van der Waals surface area (Å²) in [4.78, 5) is 0. The highest BCUT2D eigenvalue weighted by Crippen LogP contribution is 2.16. The second-order valence-corrected chi connectivity index (χ2v) is 5.57. The number of benzene rings is 1. The van der Waals surface area contributed by atoms with Crippen molar-refractivity contribution in [3.8, 4) is 5.75 Å². The molecule has 1 atom stereocenters. The molecule has 18 heavy (non-hydrogen) atoms. The first-order chi connectivity index (χ1) is 8.58.